The molecule has 21 heavy (non-hydrogen) atoms. The molecular weight excluding hydrogens is 258 g/mol. The zero-order chi connectivity index (χ0) is 16.0. The highest BCUT2D eigenvalue weighted by Gasteiger charge is 1.92. The minimum atomic E-state index is 0.319. The van der Waals surface area contributed by atoms with Gasteiger partial charge >= 0.3 is 0 Å². The Morgan fingerprint density at radius 1 is 0.524 bits per heavy atom. The Kier molecular flexibility index (Phi) is 27.5. The Morgan fingerprint density at radius 2 is 0.857 bits per heavy atom. The molecule has 0 aliphatic rings. The third kappa shape index (κ3) is 28.7. The highest BCUT2D eigenvalue weighted by Crippen LogP contribution is 2.05. The quantitative estimate of drug-likeness (QED) is 0.381. The van der Waals surface area contributed by atoms with E-state index in [4.69, 9.17) is 5.11 Å². The summed E-state index contributed by atoms with van der Waals surface area (Å²) in [6.07, 6.45) is 17.8. The molecule has 0 saturated heterocycles. The molecule has 0 aromatic carbocycles. The molecule has 0 fully saturated rings. The smallest absolute Gasteiger partial charge is 0.0428 e. The van der Waals surface area contributed by atoms with E-state index < -0.39 is 0 Å². The normalized spacial score (nSPS) is 10.3. The van der Waals surface area contributed by atoms with Crippen molar-refractivity contribution in [2.75, 3.05) is 19.7 Å². The van der Waals surface area contributed by atoms with E-state index in [1.165, 1.54) is 90.1 Å². The monoisotopic (exact) mass is 301 g/mol. The molecule has 130 valence electrons. The van der Waals surface area contributed by atoms with Crippen molar-refractivity contribution in [3.8, 4) is 0 Å². The summed E-state index contributed by atoms with van der Waals surface area (Å²) in [5.41, 5.74) is 0. The maximum atomic E-state index is 7.88. The summed E-state index contributed by atoms with van der Waals surface area (Å²) in [6.45, 7) is 9.28. The summed E-state index contributed by atoms with van der Waals surface area (Å²) in [4.78, 5) is 0. The van der Waals surface area contributed by atoms with E-state index in [2.05, 4.69) is 19.2 Å². The molecule has 0 atom stereocenters. The number of aliphatic hydroxyl groups excluding tert-OH is 1. The lowest BCUT2D eigenvalue weighted by atomic mass is 10.1. The van der Waals surface area contributed by atoms with Crippen molar-refractivity contribution in [3.63, 3.8) is 0 Å². The van der Waals surface area contributed by atoms with Crippen LogP contribution in [0, 0.1) is 0 Å². The Morgan fingerprint density at radius 3 is 1.19 bits per heavy atom. The van der Waals surface area contributed by atoms with Crippen LogP contribution in [-0.4, -0.2) is 24.8 Å². The second kappa shape index (κ2) is 24.9. The fraction of sp³-hybridized carbons (Fsp3) is 1.00. The van der Waals surface area contributed by atoms with Gasteiger partial charge in [-0.25, -0.2) is 0 Å². The summed E-state index contributed by atoms with van der Waals surface area (Å²) >= 11 is 0. The van der Waals surface area contributed by atoms with Crippen LogP contribution < -0.4 is 5.32 Å². The molecule has 0 aromatic rings. The van der Waals surface area contributed by atoms with E-state index in [1.807, 2.05) is 6.92 Å². The topological polar surface area (TPSA) is 32.3 Å². The van der Waals surface area contributed by atoms with Crippen molar-refractivity contribution in [1.82, 2.24) is 5.32 Å². The molecule has 0 radical (unpaired) electrons. The molecule has 0 aliphatic heterocycles. The van der Waals surface area contributed by atoms with Crippen LogP contribution in [0.1, 0.15) is 104 Å². The Balaban J connectivity index is 0. The molecule has 2 nitrogen and oxygen atoms in total. The first-order valence-corrected chi connectivity index (χ1v) is 9.64. The lowest BCUT2D eigenvalue weighted by molar-refractivity contribution is 0.295. The first-order chi connectivity index (χ1) is 10.3. The van der Waals surface area contributed by atoms with Crippen LogP contribution in [0.5, 0.6) is 0 Å². The molecule has 0 saturated carbocycles. The molecule has 0 heterocycles. The number of hydrogen-bond donors (Lipinski definition) is 2. The van der Waals surface area contributed by atoms with E-state index in [0.717, 1.165) is 6.42 Å². The summed E-state index contributed by atoms with van der Waals surface area (Å²) in [5, 5.41) is 11.4. The van der Waals surface area contributed by atoms with E-state index in [-0.39, 0.29) is 0 Å². The van der Waals surface area contributed by atoms with E-state index in [9.17, 15) is 0 Å². The van der Waals surface area contributed by atoms with Crippen molar-refractivity contribution < 1.29 is 5.11 Å². The van der Waals surface area contributed by atoms with Gasteiger partial charge in [-0.1, -0.05) is 85.0 Å². The summed E-state index contributed by atoms with van der Waals surface area (Å²) in [5.74, 6) is 0. The van der Waals surface area contributed by atoms with Crippen LogP contribution >= 0.6 is 0 Å². The van der Waals surface area contributed by atoms with Crippen LogP contribution in [0.2, 0.25) is 0 Å². The fourth-order valence-electron chi connectivity index (χ4n) is 2.19. The molecule has 2 heteroatoms. The third-order valence-corrected chi connectivity index (χ3v) is 3.64. The number of unbranched alkanes of at least 4 members (excludes halogenated alkanes) is 10. The standard InChI is InChI=1S/C16H35N.C3H8O/c1-3-5-7-9-11-13-15-17-16-14-12-10-8-6-4-2;1-2-3-4/h17H,3-16H2,1-2H3;4H,2-3H2,1H3. The fourth-order valence-corrected chi connectivity index (χ4v) is 2.19. The number of nitrogens with one attached hydrogen (secondary N) is 1. The Labute approximate surface area is 135 Å². The number of aliphatic hydroxyl groups is 1. The molecule has 0 aromatic heterocycles. The van der Waals surface area contributed by atoms with E-state index in [0.29, 0.717) is 6.61 Å². The number of rotatable bonds is 15. The van der Waals surface area contributed by atoms with Crippen molar-refractivity contribution in [3.05, 3.63) is 0 Å². The Hall–Kier alpha value is -0.0800. The molecule has 0 rings (SSSR count). The first kappa shape index (κ1) is 23.2. The van der Waals surface area contributed by atoms with Crippen molar-refractivity contribution in [2.45, 2.75) is 104 Å². The number of hydrogen-bond acceptors (Lipinski definition) is 2. The first-order valence-electron chi connectivity index (χ1n) is 9.64. The zero-order valence-corrected chi connectivity index (χ0v) is 15.3. The summed E-state index contributed by atoms with van der Waals surface area (Å²) < 4.78 is 0. The van der Waals surface area contributed by atoms with Crippen molar-refractivity contribution >= 4 is 0 Å². The summed E-state index contributed by atoms with van der Waals surface area (Å²) in [6, 6.07) is 0. The zero-order valence-electron chi connectivity index (χ0n) is 15.3. The van der Waals surface area contributed by atoms with Gasteiger partial charge in [-0.05, 0) is 32.4 Å². The molecule has 0 amide bonds. The van der Waals surface area contributed by atoms with Gasteiger partial charge in [-0.15, -0.1) is 0 Å². The molecule has 0 spiro atoms. The van der Waals surface area contributed by atoms with E-state index >= 15 is 0 Å². The second-order valence-electron chi connectivity index (χ2n) is 6.01. The SMILES string of the molecule is CCCCCCCCNCCCCCCCC.CCCO. The van der Waals surface area contributed by atoms with Gasteiger partial charge in [0.1, 0.15) is 0 Å². The van der Waals surface area contributed by atoms with Gasteiger partial charge in [0, 0.05) is 6.61 Å². The summed E-state index contributed by atoms with van der Waals surface area (Å²) in [7, 11) is 0. The van der Waals surface area contributed by atoms with Gasteiger partial charge in [0.15, 0.2) is 0 Å². The highest BCUT2D eigenvalue weighted by atomic mass is 16.2. The lowest BCUT2D eigenvalue weighted by Gasteiger charge is -2.04. The van der Waals surface area contributed by atoms with Gasteiger partial charge in [0.25, 0.3) is 0 Å². The van der Waals surface area contributed by atoms with Crippen LogP contribution in [-0.2, 0) is 0 Å². The minimum Gasteiger partial charge on any atom is -0.396 e. The largest absolute Gasteiger partial charge is 0.396 e. The molecule has 0 bridgehead atoms. The van der Waals surface area contributed by atoms with Crippen molar-refractivity contribution in [1.29, 1.82) is 0 Å². The van der Waals surface area contributed by atoms with Crippen LogP contribution in [0.25, 0.3) is 0 Å². The molecule has 2 N–H and O–H groups in total. The highest BCUT2D eigenvalue weighted by molar-refractivity contribution is 4.51. The van der Waals surface area contributed by atoms with Gasteiger partial charge in [0.05, 0.1) is 0 Å². The predicted octanol–water partition coefficient (Wildman–Crippen LogP) is 5.69. The molecule has 0 unspecified atom stereocenters. The second-order valence-corrected chi connectivity index (χ2v) is 6.01. The van der Waals surface area contributed by atoms with Gasteiger partial charge in [-0.2, -0.15) is 0 Å². The minimum absolute atomic E-state index is 0.319. The van der Waals surface area contributed by atoms with Crippen molar-refractivity contribution in [2.24, 2.45) is 0 Å². The predicted molar refractivity (Wildman–Crippen MR) is 97.0 cm³/mol. The maximum Gasteiger partial charge on any atom is 0.0428 e. The van der Waals surface area contributed by atoms with Gasteiger partial charge < -0.3 is 10.4 Å². The third-order valence-electron chi connectivity index (χ3n) is 3.64. The Bertz CT molecular complexity index is 135. The van der Waals surface area contributed by atoms with Crippen LogP contribution in [0.3, 0.4) is 0 Å². The lowest BCUT2D eigenvalue weighted by Crippen LogP contribution is -2.16. The van der Waals surface area contributed by atoms with Gasteiger partial charge in [-0.3, -0.25) is 0 Å². The van der Waals surface area contributed by atoms with E-state index in [1.54, 1.807) is 0 Å². The molecular formula is C19H43NO. The average molecular weight is 302 g/mol. The molecule has 0 aliphatic carbocycles. The average Bonchev–Trinajstić information content (AvgIpc) is 2.52. The van der Waals surface area contributed by atoms with Crippen LogP contribution in [0.4, 0.5) is 0 Å². The van der Waals surface area contributed by atoms with Gasteiger partial charge in [0.2, 0.25) is 0 Å². The van der Waals surface area contributed by atoms with Crippen LogP contribution in [0.15, 0.2) is 0 Å². The maximum absolute atomic E-state index is 7.88.